The molecule has 0 N–H and O–H groups in total. The van der Waals surface area contributed by atoms with Gasteiger partial charge in [-0.05, 0) is 62.1 Å². The van der Waals surface area contributed by atoms with Crippen molar-refractivity contribution >= 4 is 32.9 Å². The molecule has 0 unspecified atom stereocenters. The van der Waals surface area contributed by atoms with Gasteiger partial charge in [-0.2, -0.15) is 73.9 Å². The molecule has 4 heteroatoms. The van der Waals surface area contributed by atoms with Crippen LogP contribution >= 0.6 is 11.3 Å². The molecule has 0 aliphatic carbocycles. The molecule has 0 spiro atoms. The summed E-state index contributed by atoms with van der Waals surface area (Å²) in [6.07, 6.45) is 0. The maximum Gasteiger partial charge on any atom is 4.00 e. The van der Waals surface area contributed by atoms with Gasteiger partial charge in [0, 0.05) is 11.1 Å². The second-order valence-corrected chi connectivity index (χ2v) is 16.4. The standard InChI is InChI=1S/C30H31N2S.3C7H7.Hf/c1-18-17-33-28(31-18)26-13-12-25(32-26)27-23-11-10-21(29(2,3)4)15-20(23)14-19-8-9-22(16-24(19)27)30(5,6)7;3*1-7-5-3-2-4-6-7;/h8-17H,1-7H3;3*2-6H,1H2;/q4*-1;+4. The van der Waals surface area contributed by atoms with E-state index in [-0.39, 0.29) is 36.7 Å². The fourth-order valence-corrected chi connectivity index (χ4v) is 6.62. The van der Waals surface area contributed by atoms with Crippen LogP contribution in [0, 0.1) is 27.7 Å². The van der Waals surface area contributed by atoms with Crippen LogP contribution in [0.1, 0.15) is 75.1 Å². The van der Waals surface area contributed by atoms with Crippen LogP contribution in [0.4, 0.5) is 0 Å². The summed E-state index contributed by atoms with van der Waals surface area (Å²) in [4.78, 5) is 9.73. The van der Waals surface area contributed by atoms with Gasteiger partial charge in [0.1, 0.15) is 5.01 Å². The molecule has 0 radical (unpaired) electrons. The molecule has 0 saturated carbocycles. The molecular weight excluding hydrogens is 851 g/mol. The number of aryl methyl sites for hydroxylation is 1. The molecule has 0 aliphatic rings. The Labute approximate surface area is 352 Å². The van der Waals surface area contributed by atoms with E-state index in [1.54, 1.807) is 11.3 Å². The van der Waals surface area contributed by atoms with Crippen LogP contribution in [0.15, 0.2) is 151 Å². The number of fused-ring (bicyclic) bond motifs is 2. The van der Waals surface area contributed by atoms with E-state index in [1.165, 1.54) is 38.2 Å². The van der Waals surface area contributed by atoms with Gasteiger partial charge in [0.05, 0.1) is 0 Å². The van der Waals surface area contributed by atoms with Crippen molar-refractivity contribution in [1.29, 1.82) is 0 Å². The first-order valence-corrected chi connectivity index (χ1v) is 19.3. The molecule has 276 valence electrons. The van der Waals surface area contributed by atoms with Gasteiger partial charge in [-0.3, -0.25) is 0 Å². The topological polar surface area (TPSA) is 27.0 Å². The van der Waals surface area contributed by atoms with Crippen molar-refractivity contribution in [3.63, 3.8) is 0 Å². The molecule has 0 saturated heterocycles. The molecule has 55 heavy (non-hydrogen) atoms. The third-order valence-electron chi connectivity index (χ3n) is 8.95. The zero-order valence-corrected chi connectivity index (χ0v) is 37.8. The summed E-state index contributed by atoms with van der Waals surface area (Å²) in [5.74, 6) is 0. The molecule has 6 aromatic carbocycles. The minimum absolute atomic E-state index is 0. The van der Waals surface area contributed by atoms with Gasteiger partial charge in [0.2, 0.25) is 0 Å². The first-order chi connectivity index (χ1) is 25.7. The van der Waals surface area contributed by atoms with Crippen molar-refractivity contribution in [3.05, 3.63) is 205 Å². The fourth-order valence-electron chi connectivity index (χ4n) is 5.86. The van der Waals surface area contributed by atoms with Crippen molar-refractivity contribution in [2.75, 3.05) is 0 Å². The normalized spacial score (nSPS) is 10.9. The van der Waals surface area contributed by atoms with Gasteiger partial charge in [-0.25, -0.2) is 4.98 Å². The van der Waals surface area contributed by atoms with Gasteiger partial charge in [0.15, 0.2) is 0 Å². The molecule has 0 aliphatic heterocycles. The zero-order chi connectivity index (χ0) is 38.9. The third-order valence-corrected chi connectivity index (χ3v) is 9.93. The van der Waals surface area contributed by atoms with Crippen LogP contribution in [0.2, 0.25) is 0 Å². The Morgan fingerprint density at radius 3 is 1.42 bits per heavy atom. The van der Waals surface area contributed by atoms with E-state index in [4.69, 9.17) is 4.98 Å². The predicted octanol–water partition coefficient (Wildman–Crippen LogP) is 14.2. The first kappa shape index (κ1) is 43.0. The fraction of sp³-hybridized carbons (Fsp3) is 0.176. The Morgan fingerprint density at radius 2 is 0.982 bits per heavy atom. The molecule has 2 aromatic heterocycles. The smallest absolute Gasteiger partial charge is 0.655 e. The van der Waals surface area contributed by atoms with E-state index in [2.05, 4.69) is 127 Å². The molecule has 0 bridgehead atoms. The van der Waals surface area contributed by atoms with Gasteiger partial charge in [-0.15, -0.1) is 53.4 Å². The zero-order valence-electron chi connectivity index (χ0n) is 33.4. The summed E-state index contributed by atoms with van der Waals surface area (Å²) in [6.45, 7) is 26.8. The minimum Gasteiger partial charge on any atom is -0.655 e. The molecule has 2 nitrogen and oxygen atoms in total. The first-order valence-electron chi connectivity index (χ1n) is 18.4. The Balaban J connectivity index is 0.000000246. The van der Waals surface area contributed by atoms with E-state index in [0.29, 0.717) is 0 Å². The summed E-state index contributed by atoms with van der Waals surface area (Å²) in [6, 6.07) is 50.0. The summed E-state index contributed by atoms with van der Waals surface area (Å²) >= 11 is 1.66. The molecule has 0 fully saturated rings. The predicted molar refractivity (Wildman–Crippen MR) is 236 cm³/mol. The van der Waals surface area contributed by atoms with Crippen LogP contribution in [0.25, 0.3) is 43.5 Å². The average molecular weight is 904 g/mol. The average Bonchev–Trinajstić information content (AvgIpc) is 3.80. The Morgan fingerprint density at radius 1 is 0.509 bits per heavy atom. The summed E-state index contributed by atoms with van der Waals surface area (Å²) in [5, 5.41) is 8.10. The largest absolute Gasteiger partial charge is 4.00 e. The summed E-state index contributed by atoms with van der Waals surface area (Å²) in [5.41, 5.74) is 10.3. The van der Waals surface area contributed by atoms with E-state index in [1.807, 2.05) is 97.9 Å². The van der Waals surface area contributed by atoms with E-state index >= 15 is 0 Å². The second-order valence-electron chi connectivity index (χ2n) is 15.6. The minimum atomic E-state index is 0. The molecule has 8 rings (SSSR count). The van der Waals surface area contributed by atoms with Gasteiger partial charge >= 0.3 is 25.8 Å². The van der Waals surface area contributed by atoms with Crippen LogP contribution in [-0.2, 0) is 36.7 Å². The third kappa shape index (κ3) is 12.1. The van der Waals surface area contributed by atoms with Crippen molar-refractivity contribution in [3.8, 4) is 22.0 Å². The Hall–Kier alpha value is -4.77. The van der Waals surface area contributed by atoms with Crippen molar-refractivity contribution in [2.24, 2.45) is 0 Å². The quantitative estimate of drug-likeness (QED) is 0.0982. The van der Waals surface area contributed by atoms with Crippen LogP contribution in [0.3, 0.4) is 0 Å². The van der Waals surface area contributed by atoms with E-state index in [0.717, 1.165) is 38.8 Å². The van der Waals surface area contributed by atoms with Gasteiger partial charge in [-0.1, -0.05) is 114 Å². The van der Waals surface area contributed by atoms with Crippen molar-refractivity contribution in [2.45, 2.75) is 59.3 Å². The van der Waals surface area contributed by atoms with Gasteiger partial charge in [0.25, 0.3) is 0 Å². The van der Waals surface area contributed by atoms with Gasteiger partial charge < -0.3 is 4.98 Å². The number of nitrogens with zero attached hydrogens (tertiary/aromatic N) is 2. The number of thiazole rings is 1. The number of rotatable bonds is 2. The Kier molecular flexibility index (Phi) is 15.0. The van der Waals surface area contributed by atoms with Crippen molar-refractivity contribution < 1.29 is 25.8 Å². The molecule has 2 heterocycles. The molecular formula is C51H52HfN2S. The number of aromatic nitrogens is 2. The number of benzene rings is 6. The van der Waals surface area contributed by atoms with Crippen LogP contribution in [0.5, 0.6) is 0 Å². The van der Waals surface area contributed by atoms with Crippen LogP contribution in [-0.4, -0.2) is 4.98 Å². The maximum absolute atomic E-state index is 5.08. The summed E-state index contributed by atoms with van der Waals surface area (Å²) in [7, 11) is 0. The van der Waals surface area contributed by atoms with E-state index in [9.17, 15) is 0 Å². The SMILES string of the molecule is Cc1csc(-c2ccc(-c3c4ccc(C(C)(C)C)cc4cc4ccc(C(C)(C)C)cc34)[n-]2)n1.[CH2-]c1ccccc1.[CH2-]c1ccccc1.[CH2-]c1ccccc1.[Hf+4]. The van der Waals surface area contributed by atoms with E-state index < -0.39 is 0 Å². The van der Waals surface area contributed by atoms with Crippen LogP contribution < -0.4 is 4.98 Å². The molecule has 0 amide bonds. The number of hydrogen-bond acceptors (Lipinski definition) is 2. The Bertz CT molecular complexity index is 2290. The monoisotopic (exact) mass is 904 g/mol. The summed E-state index contributed by atoms with van der Waals surface area (Å²) < 4.78 is 0. The van der Waals surface area contributed by atoms with Crippen molar-refractivity contribution in [1.82, 2.24) is 9.97 Å². The maximum atomic E-state index is 5.08. The molecule has 0 atom stereocenters. The molecule has 8 aromatic rings. The second kappa shape index (κ2) is 19.2. The number of hydrogen-bond donors (Lipinski definition) is 0.